The Hall–Kier alpha value is -7.30. The molecule has 5 aromatic carbocycles. The standard InChI is InChI=1S/C50H34N4/c1-3-11-37(12-4-1)49-31-41(25-29-53-49)45-34-46(42-26-30-54-50(32-42)38-13-5-2-6-14-38)44(36-19-23-40(24-20-36)48-16-8-10-28-52-48)33-43(45)35-17-21-39(22-18-35)47-15-7-9-27-51-47/h1-34H. The number of pyridine rings is 4. The highest BCUT2D eigenvalue weighted by molar-refractivity contribution is 5.96. The molecule has 0 radical (unpaired) electrons. The molecule has 0 unspecified atom stereocenters. The number of aromatic nitrogens is 4. The number of rotatable bonds is 8. The lowest BCUT2D eigenvalue weighted by molar-refractivity contribution is 1.32. The van der Waals surface area contributed by atoms with E-state index in [9.17, 15) is 0 Å². The minimum atomic E-state index is 0.926. The van der Waals surface area contributed by atoms with Crippen LogP contribution in [0, 0.1) is 0 Å². The normalized spacial score (nSPS) is 11.0. The van der Waals surface area contributed by atoms with Crippen LogP contribution in [0.15, 0.2) is 207 Å². The third kappa shape index (κ3) is 6.72. The third-order valence-electron chi connectivity index (χ3n) is 9.75. The summed E-state index contributed by atoms with van der Waals surface area (Å²) in [5.41, 5.74) is 16.9. The van der Waals surface area contributed by atoms with E-state index in [2.05, 4.69) is 143 Å². The van der Waals surface area contributed by atoms with Gasteiger partial charge in [0, 0.05) is 47.0 Å². The van der Waals surface area contributed by atoms with E-state index in [0.29, 0.717) is 0 Å². The van der Waals surface area contributed by atoms with Crippen molar-refractivity contribution in [1.82, 2.24) is 19.9 Å². The molecular formula is C50H34N4. The molecule has 4 heteroatoms. The molecule has 4 aromatic heterocycles. The van der Waals surface area contributed by atoms with E-state index in [1.54, 1.807) is 0 Å². The lowest BCUT2D eigenvalue weighted by Gasteiger charge is -2.19. The lowest BCUT2D eigenvalue weighted by Crippen LogP contribution is -1.95. The first-order chi connectivity index (χ1) is 26.8. The summed E-state index contributed by atoms with van der Waals surface area (Å²) in [6.45, 7) is 0. The number of benzene rings is 5. The molecule has 254 valence electrons. The fourth-order valence-electron chi connectivity index (χ4n) is 6.99. The van der Waals surface area contributed by atoms with E-state index < -0.39 is 0 Å². The van der Waals surface area contributed by atoms with E-state index in [1.807, 2.05) is 73.3 Å². The van der Waals surface area contributed by atoms with Crippen molar-refractivity contribution in [3.63, 3.8) is 0 Å². The van der Waals surface area contributed by atoms with Gasteiger partial charge in [-0.1, -0.05) is 121 Å². The SMILES string of the molecule is c1ccc(-c2cc(-c3cc(-c4ccnc(-c5ccccc5)c4)c(-c4ccc(-c5ccccn5)cc4)cc3-c3ccc(-c4ccccn4)cc3)ccn2)cc1. The highest BCUT2D eigenvalue weighted by Crippen LogP contribution is 2.43. The van der Waals surface area contributed by atoms with Gasteiger partial charge in [-0.05, 0) is 105 Å². The molecule has 0 fully saturated rings. The molecule has 9 rings (SSSR count). The zero-order chi connectivity index (χ0) is 36.1. The van der Waals surface area contributed by atoms with E-state index in [1.165, 1.54) is 0 Å². The zero-order valence-electron chi connectivity index (χ0n) is 29.4. The molecule has 0 bridgehead atoms. The largest absolute Gasteiger partial charge is 0.256 e. The molecule has 0 spiro atoms. The summed E-state index contributed by atoms with van der Waals surface area (Å²) in [5, 5.41) is 0. The highest BCUT2D eigenvalue weighted by atomic mass is 14.7. The monoisotopic (exact) mass is 690 g/mol. The van der Waals surface area contributed by atoms with Crippen LogP contribution in [0.25, 0.3) is 89.5 Å². The second-order valence-electron chi connectivity index (χ2n) is 13.1. The molecule has 0 N–H and O–H groups in total. The molecule has 0 aliphatic carbocycles. The van der Waals surface area contributed by atoms with E-state index in [4.69, 9.17) is 9.97 Å². The van der Waals surface area contributed by atoms with Crippen LogP contribution in [0.4, 0.5) is 0 Å². The van der Waals surface area contributed by atoms with Gasteiger partial charge in [0.25, 0.3) is 0 Å². The van der Waals surface area contributed by atoms with Crippen molar-refractivity contribution in [2.45, 2.75) is 0 Å². The van der Waals surface area contributed by atoms with Crippen molar-refractivity contribution < 1.29 is 0 Å². The Balaban J connectivity index is 1.27. The molecule has 9 aromatic rings. The predicted molar refractivity (Wildman–Crippen MR) is 221 cm³/mol. The molecular weight excluding hydrogens is 657 g/mol. The summed E-state index contributed by atoms with van der Waals surface area (Å²) >= 11 is 0. The summed E-state index contributed by atoms with van der Waals surface area (Å²) in [6.07, 6.45) is 7.49. The maximum absolute atomic E-state index is 4.79. The second-order valence-corrected chi connectivity index (χ2v) is 13.1. The summed E-state index contributed by atoms with van der Waals surface area (Å²) in [7, 11) is 0. The summed E-state index contributed by atoms with van der Waals surface area (Å²) in [6, 6.07) is 63.5. The van der Waals surface area contributed by atoms with Crippen molar-refractivity contribution in [1.29, 1.82) is 0 Å². The molecule has 4 heterocycles. The zero-order valence-corrected chi connectivity index (χ0v) is 29.4. The summed E-state index contributed by atoms with van der Waals surface area (Å²) < 4.78 is 0. The Morgan fingerprint density at radius 1 is 0.204 bits per heavy atom. The van der Waals surface area contributed by atoms with Crippen LogP contribution in [0.1, 0.15) is 0 Å². The fraction of sp³-hybridized carbons (Fsp3) is 0. The minimum Gasteiger partial charge on any atom is -0.256 e. The first-order valence-electron chi connectivity index (χ1n) is 18.0. The average Bonchev–Trinajstić information content (AvgIpc) is 3.27. The van der Waals surface area contributed by atoms with Gasteiger partial charge in [0.1, 0.15) is 0 Å². The molecule has 0 saturated heterocycles. The molecule has 0 atom stereocenters. The summed E-state index contributed by atoms with van der Waals surface area (Å²) in [5.74, 6) is 0. The molecule has 0 amide bonds. The molecule has 4 nitrogen and oxygen atoms in total. The van der Waals surface area contributed by atoms with Crippen LogP contribution in [0.5, 0.6) is 0 Å². The number of nitrogens with zero attached hydrogens (tertiary/aromatic N) is 4. The first kappa shape index (κ1) is 32.6. The van der Waals surface area contributed by atoms with Crippen LogP contribution in [0.3, 0.4) is 0 Å². The number of hydrogen-bond donors (Lipinski definition) is 0. The topological polar surface area (TPSA) is 51.6 Å². The van der Waals surface area contributed by atoms with E-state index in [-0.39, 0.29) is 0 Å². The molecule has 0 saturated carbocycles. The third-order valence-corrected chi connectivity index (χ3v) is 9.75. The van der Waals surface area contributed by atoms with Gasteiger partial charge in [-0.15, -0.1) is 0 Å². The van der Waals surface area contributed by atoms with Gasteiger partial charge in [-0.2, -0.15) is 0 Å². The molecule has 0 aliphatic heterocycles. The smallest absolute Gasteiger partial charge is 0.0708 e. The second kappa shape index (κ2) is 14.7. The van der Waals surface area contributed by atoms with Gasteiger partial charge < -0.3 is 0 Å². The van der Waals surface area contributed by atoms with Crippen LogP contribution < -0.4 is 0 Å². The molecule has 54 heavy (non-hydrogen) atoms. The van der Waals surface area contributed by atoms with E-state index in [0.717, 1.165) is 89.5 Å². The maximum atomic E-state index is 4.79. The van der Waals surface area contributed by atoms with Crippen molar-refractivity contribution in [3.8, 4) is 89.5 Å². The van der Waals surface area contributed by atoms with Crippen molar-refractivity contribution in [2.75, 3.05) is 0 Å². The van der Waals surface area contributed by atoms with Gasteiger partial charge >= 0.3 is 0 Å². The fourth-order valence-corrected chi connectivity index (χ4v) is 6.99. The van der Waals surface area contributed by atoms with Crippen LogP contribution in [-0.4, -0.2) is 19.9 Å². The Labute approximate surface area is 315 Å². The first-order valence-corrected chi connectivity index (χ1v) is 18.0. The molecule has 0 aliphatic rings. The van der Waals surface area contributed by atoms with E-state index >= 15 is 0 Å². The quantitative estimate of drug-likeness (QED) is 0.159. The van der Waals surface area contributed by atoms with Gasteiger partial charge in [0.05, 0.1) is 22.8 Å². The van der Waals surface area contributed by atoms with Gasteiger partial charge in [0.15, 0.2) is 0 Å². The maximum Gasteiger partial charge on any atom is 0.0708 e. The van der Waals surface area contributed by atoms with Crippen molar-refractivity contribution >= 4 is 0 Å². The highest BCUT2D eigenvalue weighted by Gasteiger charge is 2.18. The van der Waals surface area contributed by atoms with Crippen molar-refractivity contribution in [2.24, 2.45) is 0 Å². The van der Waals surface area contributed by atoms with Crippen molar-refractivity contribution in [3.05, 3.63) is 207 Å². The predicted octanol–water partition coefficient (Wildman–Crippen LogP) is 12.6. The van der Waals surface area contributed by atoms with Crippen LogP contribution in [0.2, 0.25) is 0 Å². The Kier molecular flexibility index (Phi) is 8.90. The Morgan fingerprint density at radius 3 is 0.926 bits per heavy atom. The van der Waals surface area contributed by atoms with Gasteiger partial charge in [-0.3, -0.25) is 19.9 Å². The number of hydrogen-bond acceptors (Lipinski definition) is 4. The Bertz CT molecular complexity index is 2470. The lowest BCUT2D eigenvalue weighted by atomic mass is 9.85. The van der Waals surface area contributed by atoms with Gasteiger partial charge in [0.2, 0.25) is 0 Å². The van der Waals surface area contributed by atoms with Crippen LogP contribution >= 0.6 is 0 Å². The average molecular weight is 691 g/mol. The van der Waals surface area contributed by atoms with Crippen LogP contribution in [-0.2, 0) is 0 Å². The Morgan fingerprint density at radius 2 is 0.537 bits per heavy atom. The van der Waals surface area contributed by atoms with Gasteiger partial charge in [-0.25, -0.2) is 0 Å². The summed E-state index contributed by atoms with van der Waals surface area (Å²) in [4.78, 5) is 18.8. The minimum absolute atomic E-state index is 0.926.